The second kappa shape index (κ2) is 4.41. The van der Waals surface area contributed by atoms with Crippen LogP contribution in [0.2, 0.25) is 0 Å². The number of carbonyl (C=O) groups excluding carboxylic acids is 2. The third-order valence-corrected chi connectivity index (χ3v) is 1.66. The Kier molecular flexibility index (Phi) is 3.23. The van der Waals surface area contributed by atoms with Crippen molar-refractivity contribution in [1.29, 1.82) is 0 Å². The molecule has 1 aromatic rings. The third kappa shape index (κ3) is 2.32. The maximum Gasteiger partial charge on any atom is 0.337 e. The van der Waals surface area contributed by atoms with Gasteiger partial charge in [-0.15, -0.1) is 0 Å². The van der Waals surface area contributed by atoms with Crippen molar-refractivity contribution in [2.45, 2.75) is 6.92 Å². The van der Waals surface area contributed by atoms with E-state index < -0.39 is 5.97 Å². The zero-order valence-electron chi connectivity index (χ0n) is 7.94. The molecule has 0 aliphatic heterocycles. The Morgan fingerprint density at radius 3 is 2.64 bits per heavy atom. The summed E-state index contributed by atoms with van der Waals surface area (Å²) in [6.45, 7) is 2.11. The molecule has 4 heteroatoms. The van der Waals surface area contributed by atoms with Gasteiger partial charge in [-0.3, -0.25) is 4.79 Å². The highest BCUT2D eigenvalue weighted by atomic mass is 16.5. The van der Waals surface area contributed by atoms with Gasteiger partial charge in [0.05, 0.1) is 12.7 Å². The van der Waals surface area contributed by atoms with Gasteiger partial charge in [0.1, 0.15) is 5.75 Å². The van der Waals surface area contributed by atoms with Crippen molar-refractivity contribution in [1.82, 2.24) is 0 Å². The molecule has 1 aromatic carbocycles. The third-order valence-electron chi connectivity index (χ3n) is 1.66. The molecule has 0 N–H and O–H groups in total. The minimum Gasteiger partial charge on any atom is -0.465 e. The first kappa shape index (κ1) is 10.2. The van der Waals surface area contributed by atoms with E-state index in [4.69, 9.17) is 0 Å². The smallest absolute Gasteiger partial charge is 0.337 e. The van der Waals surface area contributed by atoms with Gasteiger partial charge in [-0.1, -0.05) is 0 Å². The first-order valence-electron chi connectivity index (χ1n) is 3.97. The Hall–Kier alpha value is -1.84. The Morgan fingerprint density at radius 1 is 1.36 bits per heavy atom. The second-order valence-electron chi connectivity index (χ2n) is 2.74. The summed E-state index contributed by atoms with van der Waals surface area (Å²) in [4.78, 5) is 21.3. The van der Waals surface area contributed by atoms with Crippen LogP contribution in [0.4, 0.5) is 0 Å². The molecule has 0 amide bonds. The average Bonchev–Trinajstić information content (AvgIpc) is 2.16. The van der Waals surface area contributed by atoms with Crippen LogP contribution in [0.25, 0.3) is 0 Å². The molecule has 1 rings (SSSR count). The zero-order valence-corrected chi connectivity index (χ0v) is 7.94. The fourth-order valence-corrected chi connectivity index (χ4v) is 1.11. The van der Waals surface area contributed by atoms with Gasteiger partial charge in [-0.05, 0) is 30.7 Å². The zero-order chi connectivity index (χ0) is 10.6. The number of esters is 1. The summed E-state index contributed by atoms with van der Waals surface area (Å²) in [6, 6.07) is 4.76. The predicted octanol–water partition coefficient (Wildman–Crippen LogP) is 1.32. The molecule has 4 nitrogen and oxygen atoms in total. The molecule has 0 unspecified atom stereocenters. The van der Waals surface area contributed by atoms with E-state index in [1.54, 1.807) is 19.1 Å². The Bertz CT molecular complexity index is 357. The van der Waals surface area contributed by atoms with Gasteiger partial charge in [-0.2, -0.15) is 0 Å². The van der Waals surface area contributed by atoms with Crippen molar-refractivity contribution in [3.63, 3.8) is 0 Å². The van der Waals surface area contributed by atoms with E-state index in [0.717, 1.165) is 5.56 Å². The molecule has 0 fully saturated rings. The van der Waals surface area contributed by atoms with Crippen molar-refractivity contribution in [2.24, 2.45) is 0 Å². The van der Waals surface area contributed by atoms with Gasteiger partial charge < -0.3 is 9.47 Å². The lowest BCUT2D eigenvalue weighted by Gasteiger charge is -2.03. The van der Waals surface area contributed by atoms with E-state index in [1.807, 2.05) is 0 Å². The van der Waals surface area contributed by atoms with E-state index in [1.165, 1.54) is 13.2 Å². The van der Waals surface area contributed by atoms with Crippen LogP contribution in [0.15, 0.2) is 18.2 Å². The van der Waals surface area contributed by atoms with Crippen LogP contribution in [0.5, 0.6) is 5.75 Å². The van der Waals surface area contributed by atoms with Gasteiger partial charge in [0.25, 0.3) is 6.47 Å². The van der Waals surface area contributed by atoms with Crippen molar-refractivity contribution in [3.8, 4) is 5.75 Å². The fraction of sp³-hybridized carbons (Fsp3) is 0.200. The van der Waals surface area contributed by atoms with Crippen LogP contribution in [0, 0.1) is 6.92 Å². The Labute approximate surface area is 81.4 Å². The van der Waals surface area contributed by atoms with Gasteiger partial charge in [-0.25, -0.2) is 4.79 Å². The molecule has 0 heterocycles. The topological polar surface area (TPSA) is 52.6 Å². The molecule has 0 aliphatic rings. The van der Waals surface area contributed by atoms with Crippen LogP contribution >= 0.6 is 0 Å². The summed E-state index contributed by atoms with van der Waals surface area (Å²) in [5.41, 5.74) is 1.19. The van der Waals surface area contributed by atoms with Crippen molar-refractivity contribution >= 4 is 12.4 Å². The van der Waals surface area contributed by atoms with Crippen LogP contribution < -0.4 is 4.74 Å². The van der Waals surface area contributed by atoms with Gasteiger partial charge in [0.2, 0.25) is 0 Å². The first-order valence-corrected chi connectivity index (χ1v) is 3.97. The minimum atomic E-state index is -0.454. The van der Waals surface area contributed by atoms with Crippen molar-refractivity contribution in [2.75, 3.05) is 7.11 Å². The van der Waals surface area contributed by atoms with Crippen molar-refractivity contribution in [3.05, 3.63) is 29.3 Å². The molecule has 74 valence electrons. The first-order chi connectivity index (χ1) is 6.67. The normalized spacial score (nSPS) is 9.29. The molecule has 0 spiro atoms. The Morgan fingerprint density at radius 2 is 2.07 bits per heavy atom. The average molecular weight is 194 g/mol. The maximum atomic E-state index is 11.2. The van der Waals surface area contributed by atoms with Gasteiger partial charge >= 0.3 is 5.97 Å². The molecule has 0 saturated carbocycles. The highest BCUT2D eigenvalue weighted by molar-refractivity contribution is 5.90. The van der Waals surface area contributed by atoms with Crippen LogP contribution in [0.3, 0.4) is 0 Å². The number of carbonyl (C=O) groups is 2. The molecule has 0 bridgehead atoms. The largest absolute Gasteiger partial charge is 0.465 e. The standard InChI is InChI=1S/C10H10O4/c1-7-3-8(10(12)13-2)5-9(4-7)14-6-11/h3-6H,1-2H3. The molecule has 0 aromatic heterocycles. The second-order valence-corrected chi connectivity index (χ2v) is 2.74. The minimum absolute atomic E-state index is 0.315. The predicted molar refractivity (Wildman–Crippen MR) is 49.2 cm³/mol. The number of hydrogen-bond donors (Lipinski definition) is 0. The molecule has 0 radical (unpaired) electrons. The van der Waals surface area contributed by atoms with E-state index in [0.29, 0.717) is 17.8 Å². The van der Waals surface area contributed by atoms with Crippen LogP contribution in [0.1, 0.15) is 15.9 Å². The van der Waals surface area contributed by atoms with Crippen molar-refractivity contribution < 1.29 is 19.1 Å². The summed E-state index contributed by atoms with van der Waals surface area (Å²) in [5, 5.41) is 0. The summed E-state index contributed by atoms with van der Waals surface area (Å²) >= 11 is 0. The van der Waals surface area contributed by atoms with E-state index in [9.17, 15) is 9.59 Å². The van der Waals surface area contributed by atoms with Crippen LogP contribution in [-0.2, 0) is 9.53 Å². The highest BCUT2D eigenvalue weighted by Crippen LogP contribution is 2.16. The highest BCUT2D eigenvalue weighted by Gasteiger charge is 2.07. The van der Waals surface area contributed by atoms with Gasteiger partial charge in [0.15, 0.2) is 0 Å². The lowest BCUT2D eigenvalue weighted by molar-refractivity contribution is -0.120. The van der Waals surface area contributed by atoms with E-state index >= 15 is 0 Å². The molecular weight excluding hydrogens is 184 g/mol. The van der Waals surface area contributed by atoms with E-state index in [-0.39, 0.29) is 0 Å². The van der Waals surface area contributed by atoms with E-state index in [2.05, 4.69) is 9.47 Å². The quantitative estimate of drug-likeness (QED) is 0.537. The number of benzene rings is 1. The lowest BCUT2D eigenvalue weighted by Crippen LogP contribution is -2.02. The molecule has 0 aliphatic carbocycles. The Balaban J connectivity index is 3.06. The summed E-state index contributed by atoms with van der Waals surface area (Å²) in [7, 11) is 1.30. The van der Waals surface area contributed by atoms with Crippen LogP contribution in [-0.4, -0.2) is 19.6 Å². The molecule has 0 atom stereocenters. The number of methoxy groups -OCH3 is 1. The number of hydrogen-bond acceptors (Lipinski definition) is 4. The number of rotatable bonds is 3. The SMILES string of the molecule is COC(=O)c1cc(C)cc(OC=O)c1. The molecular formula is C10H10O4. The number of aryl methyl sites for hydroxylation is 1. The maximum absolute atomic E-state index is 11.2. The van der Waals surface area contributed by atoms with Gasteiger partial charge in [0, 0.05) is 0 Å². The fourth-order valence-electron chi connectivity index (χ4n) is 1.11. The molecule has 0 saturated heterocycles. The monoisotopic (exact) mass is 194 g/mol. The number of ether oxygens (including phenoxy) is 2. The summed E-state index contributed by atoms with van der Waals surface area (Å²) < 4.78 is 9.18. The summed E-state index contributed by atoms with van der Waals surface area (Å²) in [6.07, 6.45) is 0. The summed E-state index contributed by atoms with van der Waals surface area (Å²) in [5.74, 6) is -0.121. The lowest BCUT2D eigenvalue weighted by atomic mass is 10.1. The molecule has 14 heavy (non-hydrogen) atoms.